The SMILES string of the molecule is O=C(c1cc(F)ccc1[N+](=O)[O-])N1CCO[C@@H](Cc2ccccc2)C1. The Labute approximate surface area is 144 Å². The quantitative estimate of drug-likeness (QED) is 0.631. The molecule has 6 nitrogen and oxygen atoms in total. The highest BCUT2D eigenvalue weighted by molar-refractivity contribution is 5.98. The van der Waals surface area contributed by atoms with Crippen LogP contribution in [0.1, 0.15) is 15.9 Å². The Morgan fingerprint density at radius 1 is 1.28 bits per heavy atom. The second-order valence-corrected chi connectivity index (χ2v) is 5.85. The molecule has 0 aromatic heterocycles. The van der Waals surface area contributed by atoms with Crippen molar-refractivity contribution in [2.75, 3.05) is 19.7 Å². The Kier molecular flexibility index (Phi) is 5.04. The van der Waals surface area contributed by atoms with Gasteiger partial charge in [0.15, 0.2) is 0 Å². The minimum absolute atomic E-state index is 0.201. The fourth-order valence-electron chi connectivity index (χ4n) is 2.91. The van der Waals surface area contributed by atoms with E-state index in [0.29, 0.717) is 26.1 Å². The first-order chi connectivity index (χ1) is 12.0. The molecule has 3 rings (SSSR count). The highest BCUT2D eigenvalue weighted by Crippen LogP contribution is 2.23. The largest absolute Gasteiger partial charge is 0.374 e. The molecule has 0 radical (unpaired) electrons. The van der Waals surface area contributed by atoms with Crippen molar-refractivity contribution >= 4 is 11.6 Å². The summed E-state index contributed by atoms with van der Waals surface area (Å²) in [6.45, 7) is 0.964. The summed E-state index contributed by atoms with van der Waals surface area (Å²) in [4.78, 5) is 24.6. The van der Waals surface area contributed by atoms with Gasteiger partial charge in [0.1, 0.15) is 11.4 Å². The number of ether oxygens (including phenoxy) is 1. The van der Waals surface area contributed by atoms with E-state index in [1.807, 2.05) is 30.3 Å². The van der Waals surface area contributed by atoms with Crippen molar-refractivity contribution < 1.29 is 18.8 Å². The summed E-state index contributed by atoms with van der Waals surface area (Å²) in [5, 5.41) is 11.1. The third kappa shape index (κ3) is 4.00. The number of amides is 1. The number of halogens is 1. The van der Waals surface area contributed by atoms with Crippen LogP contribution in [-0.2, 0) is 11.2 Å². The van der Waals surface area contributed by atoms with Gasteiger partial charge >= 0.3 is 0 Å². The molecule has 0 saturated carbocycles. The van der Waals surface area contributed by atoms with Gasteiger partial charge in [-0.2, -0.15) is 0 Å². The summed E-state index contributed by atoms with van der Waals surface area (Å²) >= 11 is 0. The molecule has 2 aromatic rings. The molecule has 1 aliphatic rings. The maximum absolute atomic E-state index is 13.5. The summed E-state index contributed by atoms with van der Waals surface area (Å²) in [5.41, 5.74) is 0.460. The van der Waals surface area contributed by atoms with Gasteiger partial charge < -0.3 is 9.64 Å². The van der Waals surface area contributed by atoms with Crippen LogP contribution < -0.4 is 0 Å². The Balaban J connectivity index is 1.76. The number of nitrogens with zero attached hydrogens (tertiary/aromatic N) is 2. The van der Waals surface area contributed by atoms with E-state index in [2.05, 4.69) is 0 Å². The smallest absolute Gasteiger partial charge is 0.282 e. The van der Waals surface area contributed by atoms with Gasteiger partial charge in [0.25, 0.3) is 11.6 Å². The number of nitro benzene ring substituents is 1. The first kappa shape index (κ1) is 17.0. The van der Waals surface area contributed by atoms with E-state index in [4.69, 9.17) is 4.74 Å². The van der Waals surface area contributed by atoms with Gasteiger partial charge in [0.2, 0.25) is 0 Å². The van der Waals surface area contributed by atoms with Crippen LogP contribution >= 0.6 is 0 Å². The molecule has 0 N–H and O–H groups in total. The first-order valence-electron chi connectivity index (χ1n) is 7.93. The maximum Gasteiger partial charge on any atom is 0.282 e. The number of carbonyl (C=O) groups is 1. The molecule has 1 heterocycles. The lowest BCUT2D eigenvalue weighted by Crippen LogP contribution is -2.46. The summed E-state index contributed by atoms with van der Waals surface area (Å²) in [6.07, 6.45) is 0.434. The lowest BCUT2D eigenvalue weighted by molar-refractivity contribution is -0.385. The highest BCUT2D eigenvalue weighted by Gasteiger charge is 2.29. The Hall–Kier alpha value is -2.80. The Morgan fingerprint density at radius 3 is 2.76 bits per heavy atom. The van der Waals surface area contributed by atoms with Crippen molar-refractivity contribution in [3.05, 3.63) is 75.6 Å². The average Bonchev–Trinajstić information content (AvgIpc) is 2.62. The molecule has 1 saturated heterocycles. The molecule has 1 atom stereocenters. The molecule has 1 aliphatic heterocycles. The molecule has 1 fully saturated rings. The highest BCUT2D eigenvalue weighted by atomic mass is 19.1. The minimum atomic E-state index is -0.678. The topological polar surface area (TPSA) is 72.7 Å². The van der Waals surface area contributed by atoms with Crippen LogP contribution in [0.2, 0.25) is 0 Å². The van der Waals surface area contributed by atoms with Crippen molar-refractivity contribution in [1.29, 1.82) is 0 Å². The summed E-state index contributed by atoms with van der Waals surface area (Å²) in [7, 11) is 0. The van der Waals surface area contributed by atoms with E-state index < -0.39 is 22.3 Å². The van der Waals surface area contributed by atoms with Crippen molar-refractivity contribution in [3.63, 3.8) is 0 Å². The number of hydrogen-bond acceptors (Lipinski definition) is 4. The predicted octanol–water partition coefficient (Wildman–Crippen LogP) is 2.82. The van der Waals surface area contributed by atoms with Crippen LogP contribution in [0, 0.1) is 15.9 Å². The molecule has 1 amide bonds. The monoisotopic (exact) mass is 344 g/mol. The molecular formula is C18H17FN2O4. The number of hydrogen-bond donors (Lipinski definition) is 0. The van der Waals surface area contributed by atoms with Crippen molar-refractivity contribution in [2.45, 2.75) is 12.5 Å². The zero-order chi connectivity index (χ0) is 17.8. The second-order valence-electron chi connectivity index (χ2n) is 5.85. The molecule has 0 aliphatic carbocycles. The van der Waals surface area contributed by atoms with Gasteiger partial charge in [-0.05, 0) is 17.7 Å². The van der Waals surface area contributed by atoms with Gasteiger partial charge in [0.05, 0.1) is 17.6 Å². The fraction of sp³-hybridized carbons (Fsp3) is 0.278. The van der Waals surface area contributed by atoms with E-state index in [9.17, 15) is 19.3 Å². The molecule has 7 heteroatoms. The number of rotatable bonds is 4. The number of carbonyl (C=O) groups excluding carboxylic acids is 1. The van der Waals surface area contributed by atoms with Gasteiger partial charge in [0, 0.05) is 25.6 Å². The average molecular weight is 344 g/mol. The number of morpholine rings is 1. The maximum atomic E-state index is 13.5. The number of nitro groups is 1. The summed E-state index contributed by atoms with van der Waals surface area (Å²) in [6, 6.07) is 12.6. The standard InChI is InChI=1S/C18H17FN2O4/c19-14-6-7-17(21(23)24)16(11-14)18(22)20-8-9-25-15(12-20)10-13-4-2-1-3-5-13/h1-7,11,15H,8-10,12H2/t15-/m0/s1. The summed E-state index contributed by atoms with van der Waals surface area (Å²) in [5.74, 6) is -1.23. The van der Waals surface area contributed by atoms with Crippen LogP contribution in [0.15, 0.2) is 48.5 Å². The minimum Gasteiger partial charge on any atom is -0.374 e. The molecule has 2 aromatic carbocycles. The zero-order valence-corrected chi connectivity index (χ0v) is 13.4. The van der Waals surface area contributed by atoms with Crippen molar-refractivity contribution in [3.8, 4) is 0 Å². The van der Waals surface area contributed by atoms with Crippen LogP contribution in [0.4, 0.5) is 10.1 Å². The fourth-order valence-corrected chi connectivity index (χ4v) is 2.91. The second kappa shape index (κ2) is 7.40. The van der Waals surface area contributed by atoms with Crippen LogP contribution in [-0.4, -0.2) is 41.5 Å². The Morgan fingerprint density at radius 2 is 2.04 bits per heavy atom. The molecule has 0 spiro atoms. The van der Waals surface area contributed by atoms with E-state index in [-0.39, 0.29) is 11.7 Å². The zero-order valence-electron chi connectivity index (χ0n) is 13.4. The van der Waals surface area contributed by atoms with Gasteiger partial charge in [-0.25, -0.2) is 4.39 Å². The Bertz CT molecular complexity index is 782. The van der Waals surface area contributed by atoms with Crippen molar-refractivity contribution in [1.82, 2.24) is 4.90 Å². The third-order valence-corrected chi connectivity index (χ3v) is 4.12. The molecule has 25 heavy (non-hydrogen) atoms. The predicted molar refractivity (Wildman–Crippen MR) is 88.8 cm³/mol. The third-order valence-electron chi connectivity index (χ3n) is 4.12. The molecule has 0 unspecified atom stereocenters. The number of benzene rings is 2. The van der Waals surface area contributed by atoms with Gasteiger partial charge in [-0.3, -0.25) is 14.9 Å². The van der Waals surface area contributed by atoms with E-state index in [1.54, 1.807) is 0 Å². The normalized spacial score (nSPS) is 17.3. The van der Waals surface area contributed by atoms with E-state index in [1.165, 1.54) is 4.90 Å². The van der Waals surface area contributed by atoms with Crippen LogP contribution in [0.3, 0.4) is 0 Å². The lowest BCUT2D eigenvalue weighted by Gasteiger charge is -2.33. The molecular weight excluding hydrogens is 327 g/mol. The summed E-state index contributed by atoms with van der Waals surface area (Å²) < 4.78 is 19.2. The molecule has 0 bridgehead atoms. The van der Waals surface area contributed by atoms with Gasteiger partial charge in [-0.15, -0.1) is 0 Å². The first-order valence-corrected chi connectivity index (χ1v) is 7.93. The van der Waals surface area contributed by atoms with Gasteiger partial charge in [-0.1, -0.05) is 30.3 Å². The lowest BCUT2D eigenvalue weighted by atomic mass is 10.1. The van der Waals surface area contributed by atoms with Crippen molar-refractivity contribution in [2.24, 2.45) is 0 Å². The van der Waals surface area contributed by atoms with E-state index >= 15 is 0 Å². The van der Waals surface area contributed by atoms with Crippen LogP contribution in [0.25, 0.3) is 0 Å². The van der Waals surface area contributed by atoms with Crippen LogP contribution in [0.5, 0.6) is 0 Å². The van der Waals surface area contributed by atoms with E-state index in [0.717, 1.165) is 23.8 Å². The molecule has 130 valence electrons.